The van der Waals surface area contributed by atoms with Crippen LogP contribution >= 0.6 is 0 Å². The van der Waals surface area contributed by atoms with E-state index in [4.69, 9.17) is 4.42 Å². The van der Waals surface area contributed by atoms with Crippen LogP contribution in [0.15, 0.2) is 34.7 Å². The molecule has 0 spiro atoms. The molecule has 0 unspecified atom stereocenters. The number of nitrogens with one attached hydrogen (secondary N) is 1. The Hall–Kier alpha value is -2.14. The topological polar surface area (TPSA) is 58.4 Å². The zero-order valence-electron chi connectivity index (χ0n) is 13.4. The third kappa shape index (κ3) is 4.43. The molecule has 1 aromatic carbocycles. The first-order valence-electron chi connectivity index (χ1n) is 7.57. The van der Waals surface area contributed by atoms with Gasteiger partial charge < -0.3 is 9.73 Å². The molecule has 0 aliphatic carbocycles. The first-order chi connectivity index (χ1) is 10.6. The summed E-state index contributed by atoms with van der Waals surface area (Å²) < 4.78 is 5.73. The summed E-state index contributed by atoms with van der Waals surface area (Å²) >= 11 is 0. The first-order valence-corrected chi connectivity index (χ1v) is 7.57. The molecule has 0 fully saturated rings. The Morgan fingerprint density at radius 1 is 1.32 bits per heavy atom. The number of rotatable bonds is 7. The third-order valence-corrected chi connectivity index (χ3v) is 3.32. The quantitative estimate of drug-likeness (QED) is 0.854. The van der Waals surface area contributed by atoms with Gasteiger partial charge in [-0.15, -0.1) is 0 Å². The summed E-state index contributed by atoms with van der Waals surface area (Å²) in [5.74, 6) is 1.45. The highest BCUT2D eigenvalue weighted by atomic mass is 16.4. The van der Waals surface area contributed by atoms with Crippen molar-refractivity contribution in [2.75, 3.05) is 20.1 Å². The molecule has 5 heteroatoms. The predicted octanol–water partition coefficient (Wildman–Crippen LogP) is 2.61. The second kappa shape index (κ2) is 7.75. The number of benzene rings is 1. The van der Waals surface area contributed by atoms with Crippen LogP contribution in [0.3, 0.4) is 0 Å². The van der Waals surface area contributed by atoms with E-state index in [1.807, 2.05) is 56.1 Å². The number of oxazole rings is 1. The van der Waals surface area contributed by atoms with Crippen LogP contribution in [0.4, 0.5) is 0 Å². The lowest BCUT2D eigenvalue weighted by molar-refractivity contribution is -0.122. The monoisotopic (exact) mass is 301 g/mol. The molecule has 0 radical (unpaired) electrons. The lowest BCUT2D eigenvalue weighted by atomic mass is 10.2. The molecule has 22 heavy (non-hydrogen) atoms. The van der Waals surface area contributed by atoms with Crippen LogP contribution in [0, 0.1) is 6.92 Å². The Kier molecular flexibility index (Phi) is 5.72. The lowest BCUT2D eigenvalue weighted by Crippen LogP contribution is -2.35. The number of carbonyl (C=O) groups excluding carboxylic acids is 1. The fourth-order valence-corrected chi connectivity index (χ4v) is 2.16. The van der Waals surface area contributed by atoms with Gasteiger partial charge in [0.05, 0.1) is 12.2 Å². The van der Waals surface area contributed by atoms with E-state index < -0.39 is 0 Å². The second-order valence-corrected chi connectivity index (χ2v) is 5.41. The van der Waals surface area contributed by atoms with Crippen molar-refractivity contribution in [1.29, 1.82) is 0 Å². The van der Waals surface area contributed by atoms with Gasteiger partial charge in [0.2, 0.25) is 11.8 Å². The maximum Gasteiger partial charge on any atom is 0.234 e. The van der Waals surface area contributed by atoms with Crippen LogP contribution < -0.4 is 5.32 Å². The summed E-state index contributed by atoms with van der Waals surface area (Å²) in [5, 5.41) is 2.87. The second-order valence-electron chi connectivity index (χ2n) is 5.41. The van der Waals surface area contributed by atoms with E-state index >= 15 is 0 Å². The molecule has 1 amide bonds. The van der Waals surface area contributed by atoms with E-state index in [-0.39, 0.29) is 5.91 Å². The van der Waals surface area contributed by atoms with E-state index in [1.54, 1.807) is 0 Å². The molecular formula is C17H23N3O2. The van der Waals surface area contributed by atoms with Crippen molar-refractivity contribution in [3.63, 3.8) is 0 Å². The molecular weight excluding hydrogens is 278 g/mol. The van der Waals surface area contributed by atoms with Gasteiger partial charge in [-0.25, -0.2) is 4.98 Å². The van der Waals surface area contributed by atoms with Gasteiger partial charge in [0.25, 0.3) is 0 Å². The van der Waals surface area contributed by atoms with Crippen molar-refractivity contribution in [2.45, 2.75) is 26.8 Å². The zero-order valence-corrected chi connectivity index (χ0v) is 13.4. The molecule has 1 heterocycles. The Morgan fingerprint density at radius 3 is 2.73 bits per heavy atom. The van der Waals surface area contributed by atoms with Crippen molar-refractivity contribution >= 4 is 5.91 Å². The number of carbonyl (C=O) groups is 1. The van der Waals surface area contributed by atoms with Gasteiger partial charge in [0, 0.05) is 18.7 Å². The minimum absolute atomic E-state index is 0.0359. The fourth-order valence-electron chi connectivity index (χ4n) is 2.16. The molecule has 0 bridgehead atoms. The van der Waals surface area contributed by atoms with E-state index in [0.29, 0.717) is 25.5 Å². The summed E-state index contributed by atoms with van der Waals surface area (Å²) in [6, 6.07) is 9.81. The van der Waals surface area contributed by atoms with Gasteiger partial charge in [-0.05, 0) is 32.5 Å². The Labute approximate surface area is 131 Å². The molecule has 1 N–H and O–H groups in total. The number of aryl methyl sites for hydroxylation is 1. The van der Waals surface area contributed by atoms with Crippen LogP contribution in [0.2, 0.25) is 0 Å². The first kappa shape index (κ1) is 16.2. The van der Waals surface area contributed by atoms with Gasteiger partial charge in [0.15, 0.2) is 0 Å². The average Bonchev–Trinajstić information content (AvgIpc) is 2.87. The van der Waals surface area contributed by atoms with Gasteiger partial charge in [-0.3, -0.25) is 9.69 Å². The maximum absolute atomic E-state index is 11.7. The number of likely N-dealkylation sites (N-methyl/N-ethyl adjacent to an activating group) is 1. The Balaban J connectivity index is 1.98. The fraction of sp³-hybridized carbons (Fsp3) is 0.412. The van der Waals surface area contributed by atoms with Crippen molar-refractivity contribution in [3.8, 4) is 11.5 Å². The van der Waals surface area contributed by atoms with Gasteiger partial charge in [-0.1, -0.05) is 25.1 Å². The van der Waals surface area contributed by atoms with Crippen molar-refractivity contribution in [2.24, 2.45) is 0 Å². The molecule has 1 aromatic heterocycles. The molecule has 118 valence electrons. The average molecular weight is 301 g/mol. The largest absolute Gasteiger partial charge is 0.441 e. The Bertz CT molecular complexity index is 608. The van der Waals surface area contributed by atoms with Gasteiger partial charge >= 0.3 is 0 Å². The molecule has 2 rings (SSSR count). The molecule has 5 nitrogen and oxygen atoms in total. The summed E-state index contributed by atoms with van der Waals surface area (Å²) in [7, 11) is 1.90. The van der Waals surface area contributed by atoms with Crippen LogP contribution in [0.1, 0.15) is 24.8 Å². The number of aromatic nitrogens is 1. The van der Waals surface area contributed by atoms with Crippen molar-refractivity contribution in [1.82, 2.24) is 15.2 Å². The smallest absolute Gasteiger partial charge is 0.234 e. The minimum Gasteiger partial charge on any atom is -0.441 e. The lowest BCUT2D eigenvalue weighted by Gasteiger charge is -2.14. The van der Waals surface area contributed by atoms with E-state index in [9.17, 15) is 4.79 Å². The number of nitrogens with zero attached hydrogens (tertiary/aromatic N) is 2. The van der Waals surface area contributed by atoms with Crippen LogP contribution in [0.5, 0.6) is 0 Å². The molecule has 0 saturated carbocycles. The highest BCUT2D eigenvalue weighted by Crippen LogP contribution is 2.21. The minimum atomic E-state index is 0.0359. The van der Waals surface area contributed by atoms with Crippen LogP contribution in [0.25, 0.3) is 11.5 Å². The van der Waals surface area contributed by atoms with E-state index in [0.717, 1.165) is 23.4 Å². The van der Waals surface area contributed by atoms with Gasteiger partial charge in [0.1, 0.15) is 5.76 Å². The standard InChI is InChI=1S/C17H23N3O2/c1-4-10-18-16(21)12-20(3)11-15-13(2)22-17(19-15)14-8-6-5-7-9-14/h5-9H,4,10-12H2,1-3H3,(H,18,21). The molecule has 0 aliphatic heterocycles. The summed E-state index contributed by atoms with van der Waals surface area (Å²) in [4.78, 5) is 18.2. The molecule has 0 atom stereocenters. The summed E-state index contributed by atoms with van der Waals surface area (Å²) in [6.45, 7) is 5.59. The van der Waals surface area contributed by atoms with E-state index in [1.165, 1.54) is 0 Å². The third-order valence-electron chi connectivity index (χ3n) is 3.32. The molecule has 0 aliphatic rings. The van der Waals surface area contributed by atoms with Crippen molar-refractivity contribution in [3.05, 3.63) is 41.8 Å². The normalized spacial score (nSPS) is 10.9. The van der Waals surface area contributed by atoms with Crippen LogP contribution in [-0.2, 0) is 11.3 Å². The zero-order chi connectivity index (χ0) is 15.9. The maximum atomic E-state index is 11.7. The molecule has 2 aromatic rings. The van der Waals surface area contributed by atoms with E-state index in [2.05, 4.69) is 10.3 Å². The highest BCUT2D eigenvalue weighted by molar-refractivity contribution is 5.77. The number of amides is 1. The number of hydrogen-bond donors (Lipinski definition) is 1. The van der Waals surface area contributed by atoms with Gasteiger partial charge in [-0.2, -0.15) is 0 Å². The van der Waals surface area contributed by atoms with Crippen molar-refractivity contribution < 1.29 is 9.21 Å². The summed E-state index contributed by atoms with van der Waals surface area (Å²) in [5.41, 5.74) is 1.82. The SMILES string of the molecule is CCCNC(=O)CN(C)Cc1nc(-c2ccccc2)oc1C. The predicted molar refractivity (Wildman–Crippen MR) is 86.3 cm³/mol. The Morgan fingerprint density at radius 2 is 2.05 bits per heavy atom. The highest BCUT2D eigenvalue weighted by Gasteiger charge is 2.14. The summed E-state index contributed by atoms with van der Waals surface area (Å²) in [6.07, 6.45) is 0.943. The number of hydrogen-bond acceptors (Lipinski definition) is 4. The molecule has 0 saturated heterocycles. The van der Waals surface area contributed by atoms with Crippen LogP contribution in [-0.4, -0.2) is 35.9 Å².